The zero-order chi connectivity index (χ0) is 15.1. The molecule has 1 N–H and O–H groups in total. The van der Waals surface area contributed by atoms with E-state index in [0.29, 0.717) is 26.4 Å². The lowest BCUT2D eigenvalue weighted by Gasteiger charge is -2.19. The topological polar surface area (TPSA) is 56.8 Å². The van der Waals surface area contributed by atoms with E-state index in [1.54, 1.807) is 0 Å². The van der Waals surface area contributed by atoms with E-state index in [1.165, 1.54) is 5.56 Å². The maximum atomic E-state index is 11.5. The van der Waals surface area contributed by atoms with Crippen LogP contribution in [0.5, 0.6) is 11.5 Å². The van der Waals surface area contributed by atoms with E-state index in [1.807, 2.05) is 32.0 Å². The summed E-state index contributed by atoms with van der Waals surface area (Å²) in [5.41, 5.74) is 1.19. The van der Waals surface area contributed by atoms with Gasteiger partial charge in [-0.2, -0.15) is 0 Å². The number of hydrogen-bond donors (Lipinski definition) is 1. The smallest absolute Gasteiger partial charge is 0.309 e. The number of benzene rings is 1. The summed E-state index contributed by atoms with van der Waals surface area (Å²) < 4.78 is 16.0. The Morgan fingerprint density at radius 3 is 2.86 bits per heavy atom. The summed E-state index contributed by atoms with van der Waals surface area (Å²) in [5, 5.41) is 3.28. The molecule has 5 nitrogen and oxygen atoms in total. The molecule has 1 atom stereocenters. The average Bonchev–Trinajstić information content (AvgIpc) is 2.51. The van der Waals surface area contributed by atoms with Gasteiger partial charge in [-0.3, -0.25) is 4.79 Å². The number of hydrogen-bond acceptors (Lipinski definition) is 5. The van der Waals surface area contributed by atoms with E-state index in [4.69, 9.17) is 14.2 Å². The van der Waals surface area contributed by atoms with Gasteiger partial charge in [0.15, 0.2) is 11.5 Å². The summed E-state index contributed by atoms with van der Waals surface area (Å²) in [5.74, 6) is 1.36. The van der Waals surface area contributed by atoms with Crippen molar-refractivity contribution >= 4 is 5.97 Å². The maximum Gasteiger partial charge on any atom is 0.309 e. The molecule has 21 heavy (non-hydrogen) atoms. The second-order valence-electron chi connectivity index (χ2n) is 5.09. The monoisotopic (exact) mass is 293 g/mol. The Bertz CT molecular complexity index is 475. The molecule has 5 heteroatoms. The Morgan fingerprint density at radius 1 is 1.33 bits per heavy atom. The fourth-order valence-electron chi connectivity index (χ4n) is 2.16. The summed E-state index contributed by atoms with van der Waals surface area (Å²) in [6, 6.07) is 6.01. The lowest BCUT2D eigenvalue weighted by molar-refractivity contribution is -0.147. The third kappa shape index (κ3) is 4.63. The molecule has 1 heterocycles. The fourth-order valence-corrected chi connectivity index (χ4v) is 2.16. The quantitative estimate of drug-likeness (QED) is 0.613. The summed E-state index contributed by atoms with van der Waals surface area (Å²) in [6.45, 7) is 6.77. The van der Waals surface area contributed by atoms with E-state index in [9.17, 15) is 4.79 Å². The van der Waals surface area contributed by atoms with Gasteiger partial charge in [0.05, 0.1) is 12.5 Å². The molecular formula is C16H23NO4. The Balaban J connectivity index is 1.72. The van der Waals surface area contributed by atoms with Crippen molar-refractivity contribution in [1.29, 1.82) is 0 Å². The largest absolute Gasteiger partial charge is 0.486 e. The van der Waals surface area contributed by atoms with Gasteiger partial charge in [-0.1, -0.05) is 13.0 Å². The van der Waals surface area contributed by atoms with Crippen LogP contribution in [0.2, 0.25) is 0 Å². The first-order chi connectivity index (χ1) is 10.2. The van der Waals surface area contributed by atoms with Crippen LogP contribution < -0.4 is 14.8 Å². The summed E-state index contributed by atoms with van der Waals surface area (Å²) in [6.07, 6.45) is 0.881. The van der Waals surface area contributed by atoms with Crippen LogP contribution >= 0.6 is 0 Å². The lowest BCUT2D eigenvalue weighted by atomic mass is 10.1. The normalized spacial score (nSPS) is 14.6. The van der Waals surface area contributed by atoms with Crippen molar-refractivity contribution in [1.82, 2.24) is 5.32 Å². The van der Waals surface area contributed by atoms with Crippen LogP contribution in [-0.4, -0.2) is 38.9 Å². The van der Waals surface area contributed by atoms with Crippen molar-refractivity contribution in [3.05, 3.63) is 23.8 Å². The molecule has 0 aliphatic carbocycles. The van der Waals surface area contributed by atoms with E-state index in [-0.39, 0.29) is 11.9 Å². The van der Waals surface area contributed by atoms with Crippen molar-refractivity contribution in [2.24, 2.45) is 5.92 Å². The van der Waals surface area contributed by atoms with E-state index >= 15 is 0 Å². The molecule has 0 spiro atoms. The van der Waals surface area contributed by atoms with Crippen LogP contribution in [0.3, 0.4) is 0 Å². The molecule has 0 saturated heterocycles. The van der Waals surface area contributed by atoms with Crippen molar-refractivity contribution < 1.29 is 19.0 Å². The van der Waals surface area contributed by atoms with Crippen molar-refractivity contribution in [3.63, 3.8) is 0 Å². The predicted molar refractivity (Wildman–Crippen MR) is 79.8 cm³/mol. The van der Waals surface area contributed by atoms with Gasteiger partial charge in [-0.25, -0.2) is 0 Å². The summed E-state index contributed by atoms with van der Waals surface area (Å²) in [4.78, 5) is 11.5. The first-order valence-corrected chi connectivity index (χ1v) is 7.46. The second-order valence-corrected chi connectivity index (χ2v) is 5.09. The zero-order valence-corrected chi connectivity index (χ0v) is 12.7. The molecule has 0 amide bonds. The number of carbonyl (C=O) groups excluding carboxylic acids is 1. The van der Waals surface area contributed by atoms with Gasteiger partial charge in [0.2, 0.25) is 0 Å². The molecule has 0 bridgehead atoms. The van der Waals surface area contributed by atoms with Crippen LogP contribution in [0.25, 0.3) is 0 Å². The van der Waals surface area contributed by atoms with Gasteiger partial charge < -0.3 is 19.5 Å². The van der Waals surface area contributed by atoms with E-state index < -0.39 is 0 Å². The molecule has 0 radical (unpaired) electrons. The van der Waals surface area contributed by atoms with Gasteiger partial charge in [0.25, 0.3) is 0 Å². The highest BCUT2D eigenvalue weighted by atomic mass is 16.6. The van der Waals surface area contributed by atoms with Crippen LogP contribution in [0.15, 0.2) is 18.2 Å². The first kappa shape index (κ1) is 15.6. The number of fused-ring (bicyclic) bond motifs is 1. The predicted octanol–water partition coefficient (Wildman–Crippen LogP) is 1.79. The van der Waals surface area contributed by atoms with Gasteiger partial charge in [-0.15, -0.1) is 0 Å². The number of rotatable bonds is 7. The van der Waals surface area contributed by atoms with Gasteiger partial charge in [0, 0.05) is 6.54 Å². The number of carbonyl (C=O) groups is 1. The third-order valence-electron chi connectivity index (χ3n) is 3.34. The fraction of sp³-hybridized carbons (Fsp3) is 0.562. The van der Waals surface area contributed by atoms with Crippen molar-refractivity contribution in [3.8, 4) is 11.5 Å². The highest BCUT2D eigenvalue weighted by Gasteiger charge is 2.13. The highest BCUT2D eigenvalue weighted by Crippen LogP contribution is 2.30. The SMILES string of the molecule is CCOC(=O)C(C)CNCCc1ccc2c(c1)OCCO2. The Kier molecular flexibility index (Phi) is 5.87. The minimum atomic E-state index is -0.149. The summed E-state index contributed by atoms with van der Waals surface area (Å²) >= 11 is 0. The molecule has 1 aromatic carbocycles. The number of ether oxygens (including phenoxy) is 3. The Labute approximate surface area is 125 Å². The molecule has 1 aliphatic rings. The molecule has 2 rings (SSSR count). The molecule has 116 valence electrons. The lowest BCUT2D eigenvalue weighted by Crippen LogP contribution is -2.29. The average molecular weight is 293 g/mol. The van der Waals surface area contributed by atoms with Crippen molar-refractivity contribution in [2.45, 2.75) is 20.3 Å². The van der Waals surface area contributed by atoms with Gasteiger partial charge in [0.1, 0.15) is 13.2 Å². The molecule has 0 fully saturated rings. The molecule has 0 aromatic heterocycles. The van der Waals surface area contributed by atoms with Crippen LogP contribution in [-0.2, 0) is 16.0 Å². The summed E-state index contributed by atoms with van der Waals surface area (Å²) in [7, 11) is 0. The van der Waals surface area contributed by atoms with E-state index in [0.717, 1.165) is 24.5 Å². The standard InChI is InChI=1S/C16H23NO4/c1-3-19-16(18)12(2)11-17-7-6-13-4-5-14-15(10-13)21-9-8-20-14/h4-5,10,12,17H,3,6-9,11H2,1-2H3. The second kappa shape index (κ2) is 7.88. The Morgan fingerprint density at radius 2 is 2.10 bits per heavy atom. The van der Waals surface area contributed by atoms with Gasteiger partial charge >= 0.3 is 5.97 Å². The highest BCUT2D eigenvalue weighted by molar-refractivity contribution is 5.72. The van der Waals surface area contributed by atoms with Crippen LogP contribution in [0.4, 0.5) is 0 Å². The Hall–Kier alpha value is -1.75. The first-order valence-electron chi connectivity index (χ1n) is 7.46. The van der Waals surface area contributed by atoms with Gasteiger partial charge in [-0.05, 0) is 37.6 Å². The minimum absolute atomic E-state index is 0.120. The molecule has 1 unspecified atom stereocenters. The molecule has 1 aliphatic heterocycles. The van der Waals surface area contributed by atoms with Crippen LogP contribution in [0.1, 0.15) is 19.4 Å². The maximum absolute atomic E-state index is 11.5. The van der Waals surface area contributed by atoms with Crippen molar-refractivity contribution in [2.75, 3.05) is 32.9 Å². The third-order valence-corrected chi connectivity index (χ3v) is 3.34. The van der Waals surface area contributed by atoms with E-state index in [2.05, 4.69) is 5.32 Å². The minimum Gasteiger partial charge on any atom is -0.486 e. The molecular weight excluding hydrogens is 270 g/mol. The van der Waals surface area contributed by atoms with Crippen LogP contribution in [0, 0.1) is 5.92 Å². The molecule has 0 saturated carbocycles. The number of nitrogens with one attached hydrogen (secondary N) is 1. The molecule has 1 aromatic rings. The number of esters is 1. The zero-order valence-electron chi connectivity index (χ0n) is 12.7.